The number of benzene rings is 2. The third-order valence-corrected chi connectivity index (χ3v) is 5.27. The minimum Gasteiger partial charge on any atom is -0.494 e. The van der Waals surface area contributed by atoms with Crippen LogP contribution in [0.5, 0.6) is 11.5 Å². The third kappa shape index (κ3) is 6.84. The van der Waals surface area contributed by atoms with Crippen molar-refractivity contribution in [3.05, 3.63) is 60.2 Å². The van der Waals surface area contributed by atoms with Gasteiger partial charge in [-0.3, -0.25) is 0 Å². The lowest BCUT2D eigenvalue weighted by Gasteiger charge is -2.26. The second kappa shape index (κ2) is 11.7. The Morgan fingerprint density at radius 3 is 2.39 bits per heavy atom. The van der Waals surface area contributed by atoms with Gasteiger partial charge in [0.05, 0.1) is 6.61 Å². The Kier molecular flexibility index (Phi) is 8.66. The smallest absolute Gasteiger partial charge is 0.125 e. The topological polar surface area (TPSA) is 33.7 Å². The van der Waals surface area contributed by atoms with Crippen LogP contribution in [0.4, 0.5) is 0 Å². The van der Waals surface area contributed by atoms with Crippen LogP contribution < -0.4 is 14.8 Å². The maximum atomic E-state index is 6.22. The first kappa shape index (κ1) is 20.7. The quantitative estimate of drug-likeness (QED) is 0.573. The van der Waals surface area contributed by atoms with Crippen LogP contribution in [0, 0.1) is 0 Å². The molecule has 28 heavy (non-hydrogen) atoms. The number of hydrogen-bond donors (Lipinski definition) is 1. The molecule has 1 saturated heterocycles. The molecule has 2 aromatic carbocycles. The monoisotopic (exact) mass is 382 g/mol. The number of nitrogens with one attached hydrogen (secondary N) is 1. The van der Waals surface area contributed by atoms with Crippen LogP contribution in [-0.4, -0.2) is 44.7 Å². The standard InChI is InChI=1S/C24H34N2O2/c1-25-16-15-24(28-23-9-4-2-5-10-23)21-11-13-22(14-12-21)27-20-8-19-26-17-6-3-7-18-26/h2,4-5,9-14,24-25H,3,6-8,15-20H2,1H3. The van der Waals surface area contributed by atoms with Gasteiger partial charge in [0.2, 0.25) is 0 Å². The number of rotatable bonds is 11. The first-order valence-electron chi connectivity index (χ1n) is 10.7. The van der Waals surface area contributed by atoms with Gasteiger partial charge in [0.25, 0.3) is 0 Å². The van der Waals surface area contributed by atoms with Crippen LogP contribution in [0.25, 0.3) is 0 Å². The number of ether oxygens (including phenoxy) is 2. The second-order valence-electron chi connectivity index (χ2n) is 7.49. The van der Waals surface area contributed by atoms with Crippen LogP contribution in [0.15, 0.2) is 54.6 Å². The summed E-state index contributed by atoms with van der Waals surface area (Å²) in [5, 5.41) is 3.22. The average Bonchev–Trinajstić information content (AvgIpc) is 2.76. The third-order valence-electron chi connectivity index (χ3n) is 5.27. The van der Waals surface area contributed by atoms with Crippen molar-refractivity contribution in [2.75, 3.05) is 39.8 Å². The second-order valence-corrected chi connectivity index (χ2v) is 7.49. The van der Waals surface area contributed by atoms with Crippen molar-refractivity contribution in [1.82, 2.24) is 10.2 Å². The van der Waals surface area contributed by atoms with Gasteiger partial charge in [0.15, 0.2) is 0 Å². The summed E-state index contributed by atoms with van der Waals surface area (Å²) in [4.78, 5) is 2.56. The molecule has 0 aromatic heterocycles. The Balaban J connectivity index is 1.48. The molecular weight excluding hydrogens is 348 g/mol. The molecule has 3 rings (SSSR count). The summed E-state index contributed by atoms with van der Waals surface area (Å²) in [6, 6.07) is 18.4. The summed E-state index contributed by atoms with van der Waals surface area (Å²) >= 11 is 0. The van der Waals surface area contributed by atoms with E-state index in [0.29, 0.717) is 0 Å². The van der Waals surface area contributed by atoms with Crippen LogP contribution in [0.1, 0.15) is 43.8 Å². The first-order chi connectivity index (χ1) is 13.8. The zero-order chi connectivity index (χ0) is 19.4. The summed E-state index contributed by atoms with van der Waals surface area (Å²) in [5.41, 5.74) is 1.18. The Morgan fingerprint density at radius 2 is 1.68 bits per heavy atom. The highest BCUT2D eigenvalue weighted by molar-refractivity contribution is 5.30. The largest absolute Gasteiger partial charge is 0.494 e. The van der Waals surface area contributed by atoms with Crippen LogP contribution in [0.3, 0.4) is 0 Å². The highest BCUT2D eigenvalue weighted by Crippen LogP contribution is 2.26. The van der Waals surface area contributed by atoms with E-state index >= 15 is 0 Å². The molecule has 0 bridgehead atoms. The molecule has 4 heteroatoms. The number of para-hydroxylation sites is 1. The van der Waals surface area contributed by atoms with E-state index in [1.807, 2.05) is 37.4 Å². The maximum Gasteiger partial charge on any atom is 0.125 e. The minimum atomic E-state index is 0.0306. The normalized spacial score (nSPS) is 15.9. The number of likely N-dealkylation sites (tertiary alicyclic amines) is 1. The number of piperidine rings is 1. The Bertz CT molecular complexity index is 654. The molecule has 0 spiro atoms. The van der Waals surface area contributed by atoms with E-state index in [9.17, 15) is 0 Å². The van der Waals surface area contributed by atoms with Crippen molar-refractivity contribution in [1.29, 1.82) is 0 Å². The highest BCUT2D eigenvalue weighted by Gasteiger charge is 2.13. The van der Waals surface area contributed by atoms with Gasteiger partial charge in [-0.15, -0.1) is 0 Å². The Labute approximate surface area is 169 Å². The molecule has 0 saturated carbocycles. The first-order valence-corrected chi connectivity index (χ1v) is 10.7. The lowest BCUT2D eigenvalue weighted by molar-refractivity contribution is 0.194. The molecule has 1 heterocycles. The average molecular weight is 383 g/mol. The van der Waals surface area contributed by atoms with Gasteiger partial charge in [0, 0.05) is 13.0 Å². The van der Waals surface area contributed by atoms with Gasteiger partial charge in [-0.1, -0.05) is 36.8 Å². The van der Waals surface area contributed by atoms with Gasteiger partial charge in [0.1, 0.15) is 17.6 Å². The summed E-state index contributed by atoms with van der Waals surface area (Å²) in [6.07, 6.45) is 6.13. The lowest BCUT2D eigenvalue weighted by atomic mass is 10.1. The van der Waals surface area contributed by atoms with Gasteiger partial charge >= 0.3 is 0 Å². The van der Waals surface area contributed by atoms with E-state index in [2.05, 4.69) is 34.5 Å². The molecule has 1 atom stereocenters. The van der Waals surface area contributed by atoms with Gasteiger partial charge in [-0.25, -0.2) is 0 Å². The predicted octanol–water partition coefficient (Wildman–Crippen LogP) is 4.67. The van der Waals surface area contributed by atoms with E-state index < -0.39 is 0 Å². The highest BCUT2D eigenvalue weighted by atomic mass is 16.5. The minimum absolute atomic E-state index is 0.0306. The summed E-state index contributed by atoms with van der Waals surface area (Å²) in [7, 11) is 1.97. The van der Waals surface area contributed by atoms with Crippen LogP contribution in [0.2, 0.25) is 0 Å². The molecular formula is C24H34N2O2. The fourth-order valence-electron chi connectivity index (χ4n) is 3.67. The fourth-order valence-corrected chi connectivity index (χ4v) is 3.67. The van der Waals surface area contributed by atoms with Crippen molar-refractivity contribution in [2.45, 2.75) is 38.2 Å². The van der Waals surface area contributed by atoms with Gasteiger partial charge < -0.3 is 19.7 Å². The van der Waals surface area contributed by atoms with Gasteiger partial charge in [-0.05, 0) is 75.8 Å². The molecule has 2 aromatic rings. The van der Waals surface area contributed by atoms with Crippen molar-refractivity contribution >= 4 is 0 Å². The van der Waals surface area contributed by atoms with E-state index in [1.165, 1.54) is 37.9 Å². The molecule has 4 nitrogen and oxygen atoms in total. The van der Waals surface area contributed by atoms with Crippen molar-refractivity contribution in [3.63, 3.8) is 0 Å². The Hall–Kier alpha value is -2.04. The zero-order valence-corrected chi connectivity index (χ0v) is 17.1. The van der Waals surface area contributed by atoms with E-state index in [1.54, 1.807) is 0 Å². The van der Waals surface area contributed by atoms with E-state index in [4.69, 9.17) is 9.47 Å². The summed E-state index contributed by atoms with van der Waals surface area (Å²) in [5.74, 6) is 1.84. The van der Waals surface area contributed by atoms with Crippen LogP contribution >= 0.6 is 0 Å². The number of nitrogens with zero attached hydrogens (tertiary/aromatic N) is 1. The lowest BCUT2D eigenvalue weighted by Crippen LogP contribution is -2.31. The van der Waals surface area contributed by atoms with E-state index in [-0.39, 0.29) is 6.10 Å². The SMILES string of the molecule is CNCCC(Oc1ccccc1)c1ccc(OCCCN2CCCCC2)cc1. The molecule has 1 unspecified atom stereocenters. The van der Waals surface area contributed by atoms with E-state index in [0.717, 1.165) is 44.0 Å². The molecule has 0 amide bonds. The fraction of sp³-hybridized carbons (Fsp3) is 0.500. The molecule has 1 fully saturated rings. The molecule has 1 N–H and O–H groups in total. The van der Waals surface area contributed by atoms with Crippen molar-refractivity contribution in [2.24, 2.45) is 0 Å². The predicted molar refractivity (Wildman–Crippen MR) is 115 cm³/mol. The molecule has 152 valence electrons. The molecule has 0 aliphatic carbocycles. The molecule has 0 radical (unpaired) electrons. The van der Waals surface area contributed by atoms with Crippen LogP contribution in [-0.2, 0) is 0 Å². The van der Waals surface area contributed by atoms with Crippen molar-refractivity contribution in [3.8, 4) is 11.5 Å². The Morgan fingerprint density at radius 1 is 0.929 bits per heavy atom. The molecule has 1 aliphatic rings. The van der Waals surface area contributed by atoms with Crippen molar-refractivity contribution < 1.29 is 9.47 Å². The summed E-state index contributed by atoms with van der Waals surface area (Å²) < 4.78 is 12.2. The molecule has 1 aliphatic heterocycles. The summed E-state index contributed by atoms with van der Waals surface area (Å²) in [6.45, 7) is 5.34. The number of hydrogen-bond acceptors (Lipinski definition) is 4. The van der Waals surface area contributed by atoms with Gasteiger partial charge in [-0.2, -0.15) is 0 Å². The maximum absolute atomic E-state index is 6.22. The zero-order valence-electron chi connectivity index (χ0n) is 17.1.